The lowest BCUT2D eigenvalue weighted by molar-refractivity contribution is -0.120. The largest absolute Gasteiger partial charge is 0.369 e. The molecule has 1 aromatic rings. The number of carbonyl (C=O) groups excluding carboxylic acids is 1. The molecule has 0 radical (unpaired) electrons. The number of benzene rings is 1. The van der Waals surface area contributed by atoms with Crippen LogP contribution in [0.4, 0.5) is 5.69 Å². The minimum atomic E-state index is 0.134. The molecule has 0 unspecified atom stereocenters. The van der Waals surface area contributed by atoms with Gasteiger partial charge in [-0.15, -0.1) is 0 Å². The minimum Gasteiger partial charge on any atom is -0.369 e. The summed E-state index contributed by atoms with van der Waals surface area (Å²) in [6.45, 7) is 9.79. The van der Waals surface area contributed by atoms with Crippen molar-refractivity contribution in [2.45, 2.75) is 39.3 Å². The zero-order chi connectivity index (χ0) is 14.6. The Kier molecular flexibility index (Phi) is 4.65. The maximum absolute atomic E-state index is 11.3. The molecule has 1 aromatic carbocycles. The molecule has 0 saturated carbocycles. The first-order valence-corrected chi connectivity index (χ1v) is 7.30. The lowest BCUT2D eigenvalue weighted by Gasteiger charge is -2.23. The van der Waals surface area contributed by atoms with E-state index in [2.05, 4.69) is 60.6 Å². The van der Waals surface area contributed by atoms with Crippen LogP contribution in [0, 0.1) is 0 Å². The van der Waals surface area contributed by atoms with Crippen molar-refractivity contribution in [3.8, 4) is 0 Å². The highest BCUT2D eigenvalue weighted by Gasteiger charge is 2.14. The number of hydrogen-bond donors (Lipinski definition) is 2. The van der Waals surface area contributed by atoms with Crippen LogP contribution in [0.5, 0.6) is 0 Å². The van der Waals surface area contributed by atoms with Gasteiger partial charge in [0.15, 0.2) is 0 Å². The molecule has 2 rings (SSSR count). The van der Waals surface area contributed by atoms with E-state index in [1.165, 1.54) is 11.3 Å². The number of hydrogen-bond acceptors (Lipinski definition) is 3. The van der Waals surface area contributed by atoms with Crippen molar-refractivity contribution in [2.24, 2.45) is 0 Å². The monoisotopic (exact) mass is 275 g/mol. The minimum absolute atomic E-state index is 0.134. The smallest absolute Gasteiger partial charge is 0.221 e. The predicted octanol–water partition coefficient (Wildman–Crippen LogP) is 1.90. The second kappa shape index (κ2) is 6.27. The number of anilines is 1. The SMILES string of the molecule is CC(C)(C)NCc1ccc(N2CCNC(=O)CC2)cc1. The van der Waals surface area contributed by atoms with Gasteiger partial charge in [0, 0.05) is 43.8 Å². The molecule has 2 N–H and O–H groups in total. The molecule has 20 heavy (non-hydrogen) atoms. The van der Waals surface area contributed by atoms with E-state index in [9.17, 15) is 4.79 Å². The lowest BCUT2D eigenvalue weighted by Crippen LogP contribution is -2.35. The van der Waals surface area contributed by atoms with Crippen LogP contribution in [-0.2, 0) is 11.3 Å². The van der Waals surface area contributed by atoms with Crippen LogP contribution in [0.15, 0.2) is 24.3 Å². The number of amides is 1. The van der Waals surface area contributed by atoms with Crippen molar-refractivity contribution in [1.29, 1.82) is 0 Å². The van der Waals surface area contributed by atoms with Gasteiger partial charge >= 0.3 is 0 Å². The van der Waals surface area contributed by atoms with Gasteiger partial charge < -0.3 is 15.5 Å². The first kappa shape index (κ1) is 14.9. The van der Waals surface area contributed by atoms with Gasteiger partial charge in [-0.3, -0.25) is 4.79 Å². The molecule has 0 bridgehead atoms. The molecule has 1 aliphatic rings. The van der Waals surface area contributed by atoms with Crippen molar-refractivity contribution < 1.29 is 4.79 Å². The normalized spacial score (nSPS) is 16.8. The summed E-state index contributed by atoms with van der Waals surface area (Å²) in [5.74, 6) is 0.151. The second-order valence-electron chi connectivity index (χ2n) is 6.36. The maximum atomic E-state index is 11.3. The van der Waals surface area contributed by atoms with Crippen molar-refractivity contribution in [2.75, 3.05) is 24.5 Å². The third-order valence-electron chi connectivity index (χ3n) is 3.44. The first-order chi connectivity index (χ1) is 9.44. The van der Waals surface area contributed by atoms with Gasteiger partial charge in [-0.1, -0.05) is 12.1 Å². The standard InChI is InChI=1S/C16H25N3O/c1-16(2,3)18-12-13-4-6-14(7-5-13)19-10-8-15(20)17-9-11-19/h4-7,18H,8-12H2,1-3H3,(H,17,20). The van der Waals surface area contributed by atoms with Crippen LogP contribution in [0.2, 0.25) is 0 Å². The average Bonchev–Trinajstić information content (AvgIpc) is 2.61. The van der Waals surface area contributed by atoms with Gasteiger partial charge in [-0.25, -0.2) is 0 Å². The Labute approximate surface area is 121 Å². The molecule has 1 amide bonds. The summed E-state index contributed by atoms with van der Waals surface area (Å²) in [5, 5.41) is 6.39. The summed E-state index contributed by atoms with van der Waals surface area (Å²) >= 11 is 0. The van der Waals surface area contributed by atoms with Gasteiger partial charge in [0.05, 0.1) is 0 Å². The molecule has 4 heteroatoms. The summed E-state index contributed by atoms with van der Waals surface area (Å²) < 4.78 is 0. The Hall–Kier alpha value is -1.55. The summed E-state index contributed by atoms with van der Waals surface area (Å²) in [6, 6.07) is 8.62. The third-order valence-corrected chi connectivity index (χ3v) is 3.44. The fourth-order valence-corrected chi connectivity index (χ4v) is 2.22. The fourth-order valence-electron chi connectivity index (χ4n) is 2.22. The van der Waals surface area contributed by atoms with E-state index >= 15 is 0 Å². The molecule has 0 atom stereocenters. The van der Waals surface area contributed by atoms with Crippen molar-refractivity contribution in [3.63, 3.8) is 0 Å². The van der Waals surface area contributed by atoms with E-state index in [1.54, 1.807) is 0 Å². The topological polar surface area (TPSA) is 44.4 Å². The lowest BCUT2D eigenvalue weighted by atomic mass is 10.1. The molecule has 1 saturated heterocycles. The summed E-state index contributed by atoms with van der Waals surface area (Å²) in [5.41, 5.74) is 2.61. The Morgan fingerprint density at radius 1 is 1.20 bits per heavy atom. The highest BCUT2D eigenvalue weighted by atomic mass is 16.1. The van der Waals surface area contributed by atoms with Crippen molar-refractivity contribution >= 4 is 11.6 Å². The van der Waals surface area contributed by atoms with Gasteiger partial charge in [0.25, 0.3) is 0 Å². The molecule has 1 fully saturated rings. The molecule has 1 heterocycles. The van der Waals surface area contributed by atoms with Gasteiger partial charge in [0.2, 0.25) is 5.91 Å². The second-order valence-corrected chi connectivity index (χ2v) is 6.36. The fraction of sp³-hybridized carbons (Fsp3) is 0.562. The molecule has 0 aromatic heterocycles. The van der Waals surface area contributed by atoms with E-state index < -0.39 is 0 Å². The highest BCUT2D eigenvalue weighted by Crippen LogP contribution is 2.16. The number of nitrogens with one attached hydrogen (secondary N) is 2. The summed E-state index contributed by atoms with van der Waals surface area (Å²) in [6.07, 6.45) is 0.577. The quantitative estimate of drug-likeness (QED) is 0.885. The Bertz CT molecular complexity index is 448. The zero-order valence-corrected chi connectivity index (χ0v) is 12.7. The van der Waals surface area contributed by atoms with E-state index in [-0.39, 0.29) is 11.4 Å². The van der Waals surface area contributed by atoms with Gasteiger partial charge in [0.1, 0.15) is 0 Å². The van der Waals surface area contributed by atoms with E-state index in [0.29, 0.717) is 6.42 Å². The van der Waals surface area contributed by atoms with Crippen LogP contribution in [0.25, 0.3) is 0 Å². The number of nitrogens with zero attached hydrogens (tertiary/aromatic N) is 1. The van der Waals surface area contributed by atoms with Crippen LogP contribution in [-0.4, -0.2) is 31.1 Å². The van der Waals surface area contributed by atoms with Crippen LogP contribution in [0.1, 0.15) is 32.8 Å². The maximum Gasteiger partial charge on any atom is 0.221 e. The Balaban J connectivity index is 1.95. The summed E-state index contributed by atoms with van der Waals surface area (Å²) in [4.78, 5) is 13.6. The predicted molar refractivity (Wildman–Crippen MR) is 82.9 cm³/mol. The van der Waals surface area contributed by atoms with Crippen LogP contribution in [0.3, 0.4) is 0 Å². The Morgan fingerprint density at radius 2 is 1.90 bits per heavy atom. The number of carbonyl (C=O) groups is 1. The molecular formula is C16H25N3O. The highest BCUT2D eigenvalue weighted by molar-refractivity contribution is 5.77. The van der Waals surface area contributed by atoms with Crippen molar-refractivity contribution in [3.05, 3.63) is 29.8 Å². The van der Waals surface area contributed by atoms with Crippen LogP contribution < -0.4 is 15.5 Å². The van der Waals surface area contributed by atoms with E-state index in [4.69, 9.17) is 0 Å². The van der Waals surface area contributed by atoms with Crippen molar-refractivity contribution in [1.82, 2.24) is 10.6 Å². The zero-order valence-electron chi connectivity index (χ0n) is 12.7. The molecule has 0 aliphatic carbocycles. The molecule has 0 spiro atoms. The molecular weight excluding hydrogens is 250 g/mol. The third kappa shape index (κ3) is 4.53. The summed E-state index contributed by atoms with van der Waals surface area (Å²) in [7, 11) is 0. The number of rotatable bonds is 3. The van der Waals surface area contributed by atoms with Gasteiger partial charge in [-0.05, 0) is 38.5 Å². The molecule has 1 aliphatic heterocycles. The molecule has 4 nitrogen and oxygen atoms in total. The molecule has 110 valence electrons. The van der Waals surface area contributed by atoms with E-state index in [0.717, 1.165) is 26.2 Å². The Morgan fingerprint density at radius 3 is 2.55 bits per heavy atom. The first-order valence-electron chi connectivity index (χ1n) is 7.30. The van der Waals surface area contributed by atoms with E-state index in [1.807, 2.05) is 0 Å². The van der Waals surface area contributed by atoms with Gasteiger partial charge in [-0.2, -0.15) is 0 Å². The average molecular weight is 275 g/mol. The van der Waals surface area contributed by atoms with Crippen LogP contribution >= 0.6 is 0 Å².